The van der Waals surface area contributed by atoms with Gasteiger partial charge in [0.1, 0.15) is 11.6 Å². The zero-order valence-electron chi connectivity index (χ0n) is 18.6. The molecule has 0 bridgehead atoms. The smallest absolute Gasteiger partial charge is 0.252 e. The van der Waals surface area contributed by atoms with E-state index in [4.69, 9.17) is 4.74 Å². The first kappa shape index (κ1) is 22.1. The average Bonchev–Trinajstić information content (AvgIpc) is 2.79. The molecular weight excluding hydrogens is 376 g/mol. The lowest BCUT2D eigenvalue weighted by atomic mass is 9.85. The van der Waals surface area contributed by atoms with Crippen molar-refractivity contribution >= 4 is 11.7 Å². The molecule has 2 unspecified atom stereocenters. The molecule has 2 heterocycles. The summed E-state index contributed by atoms with van der Waals surface area (Å²) in [4.78, 5) is 21.8. The lowest BCUT2D eigenvalue weighted by molar-refractivity contribution is 0.0891. The van der Waals surface area contributed by atoms with Gasteiger partial charge in [-0.15, -0.1) is 0 Å². The maximum Gasteiger partial charge on any atom is 0.252 e. The maximum atomic E-state index is 12.7. The van der Waals surface area contributed by atoms with Crippen molar-refractivity contribution < 1.29 is 9.53 Å². The Morgan fingerprint density at radius 2 is 1.93 bits per heavy atom. The average molecular weight is 411 g/mol. The first-order valence-electron chi connectivity index (χ1n) is 10.9. The van der Waals surface area contributed by atoms with Gasteiger partial charge in [0.05, 0.1) is 12.7 Å². The fourth-order valence-corrected chi connectivity index (χ4v) is 4.38. The third-order valence-corrected chi connectivity index (χ3v) is 6.09. The van der Waals surface area contributed by atoms with Crippen LogP contribution in [-0.2, 0) is 0 Å². The molecule has 1 N–H and O–H groups in total. The molecule has 0 saturated carbocycles. The molecule has 1 saturated heterocycles. The second-order valence-corrected chi connectivity index (χ2v) is 7.89. The Balaban J connectivity index is 1.65. The number of rotatable bonds is 8. The van der Waals surface area contributed by atoms with Gasteiger partial charge in [-0.05, 0) is 76.0 Å². The summed E-state index contributed by atoms with van der Waals surface area (Å²) in [5.74, 6) is 2.08. The van der Waals surface area contributed by atoms with Crippen LogP contribution in [0.15, 0.2) is 42.6 Å². The van der Waals surface area contributed by atoms with E-state index in [-0.39, 0.29) is 11.9 Å². The fraction of sp³-hybridized carbons (Fsp3) is 0.500. The zero-order chi connectivity index (χ0) is 21.5. The van der Waals surface area contributed by atoms with E-state index < -0.39 is 0 Å². The Hall–Kier alpha value is -2.60. The Kier molecular flexibility index (Phi) is 7.69. The van der Waals surface area contributed by atoms with Crippen LogP contribution in [0.1, 0.15) is 48.7 Å². The minimum atomic E-state index is -0.0599. The summed E-state index contributed by atoms with van der Waals surface area (Å²) >= 11 is 0. The number of carbonyl (C=O) groups is 1. The van der Waals surface area contributed by atoms with Crippen LogP contribution in [0.25, 0.3) is 0 Å². The van der Waals surface area contributed by atoms with E-state index in [2.05, 4.69) is 53.1 Å². The highest BCUT2D eigenvalue weighted by atomic mass is 16.5. The van der Waals surface area contributed by atoms with Gasteiger partial charge in [0.2, 0.25) is 0 Å². The molecule has 1 aromatic heterocycles. The summed E-state index contributed by atoms with van der Waals surface area (Å²) in [5, 5.41) is 3.14. The summed E-state index contributed by atoms with van der Waals surface area (Å²) in [6.45, 7) is 7.72. The quantitative estimate of drug-likeness (QED) is 0.718. The molecular formula is C24H34N4O2. The number of nitrogens with one attached hydrogen (secondary N) is 1. The molecule has 2 aromatic rings. The molecule has 6 nitrogen and oxygen atoms in total. The van der Waals surface area contributed by atoms with Crippen LogP contribution in [-0.4, -0.2) is 56.1 Å². The van der Waals surface area contributed by atoms with Crippen molar-refractivity contribution in [2.24, 2.45) is 5.92 Å². The molecule has 162 valence electrons. The van der Waals surface area contributed by atoms with Gasteiger partial charge in [0.25, 0.3) is 5.91 Å². The monoisotopic (exact) mass is 410 g/mol. The Bertz CT molecular complexity index is 803. The molecule has 1 aromatic carbocycles. The van der Waals surface area contributed by atoms with Gasteiger partial charge in [0, 0.05) is 31.9 Å². The summed E-state index contributed by atoms with van der Waals surface area (Å²) in [5.41, 5.74) is 1.87. The van der Waals surface area contributed by atoms with E-state index in [1.54, 1.807) is 13.3 Å². The highest BCUT2D eigenvalue weighted by molar-refractivity contribution is 5.94. The van der Waals surface area contributed by atoms with Crippen molar-refractivity contribution in [1.82, 2.24) is 15.2 Å². The summed E-state index contributed by atoms with van der Waals surface area (Å²) in [6.07, 6.45) is 3.92. The standard InChI is InChI=1S/C24H34N4O2/c1-5-28(6-2)22-14-11-20(17-25-22)24(29)26-16-19-8-7-15-27(3)23(19)18-9-12-21(30-4)13-10-18/h9-14,17,19,23H,5-8,15-16H2,1-4H3,(H,26,29). The van der Waals surface area contributed by atoms with Crippen molar-refractivity contribution in [2.75, 3.05) is 45.2 Å². The lowest BCUT2D eigenvalue weighted by Crippen LogP contribution is -2.41. The zero-order valence-corrected chi connectivity index (χ0v) is 18.6. The molecule has 6 heteroatoms. The number of amides is 1. The SMILES string of the molecule is CCN(CC)c1ccc(C(=O)NCC2CCCN(C)C2c2ccc(OC)cc2)cn1. The van der Waals surface area contributed by atoms with Crippen LogP contribution in [0.2, 0.25) is 0 Å². The maximum absolute atomic E-state index is 12.7. The van der Waals surface area contributed by atoms with E-state index in [1.807, 2.05) is 24.3 Å². The number of ether oxygens (including phenoxy) is 1. The molecule has 2 atom stereocenters. The Morgan fingerprint density at radius 3 is 2.53 bits per heavy atom. The molecule has 0 spiro atoms. The molecule has 3 rings (SSSR count). The van der Waals surface area contributed by atoms with Crippen molar-refractivity contribution in [3.63, 3.8) is 0 Å². The van der Waals surface area contributed by atoms with Crippen LogP contribution >= 0.6 is 0 Å². The van der Waals surface area contributed by atoms with Gasteiger partial charge in [0.15, 0.2) is 0 Å². The third kappa shape index (κ3) is 5.11. The predicted octanol–water partition coefficient (Wildman–Crippen LogP) is 3.75. The predicted molar refractivity (Wildman–Crippen MR) is 121 cm³/mol. The highest BCUT2D eigenvalue weighted by Gasteiger charge is 2.30. The number of hydrogen-bond acceptors (Lipinski definition) is 5. The van der Waals surface area contributed by atoms with Crippen molar-refractivity contribution in [2.45, 2.75) is 32.7 Å². The summed E-state index contributed by atoms with van der Waals surface area (Å²) < 4.78 is 5.30. The Morgan fingerprint density at radius 1 is 1.20 bits per heavy atom. The number of likely N-dealkylation sites (tertiary alicyclic amines) is 1. The number of benzene rings is 1. The third-order valence-electron chi connectivity index (χ3n) is 6.09. The number of methoxy groups -OCH3 is 1. The van der Waals surface area contributed by atoms with Gasteiger partial charge < -0.3 is 15.0 Å². The first-order chi connectivity index (χ1) is 14.6. The summed E-state index contributed by atoms with van der Waals surface area (Å²) in [7, 11) is 3.85. The van der Waals surface area contributed by atoms with E-state index in [0.29, 0.717) is 18.0 Å². The van der Waals surface area contributed by atoms with Gasteiger partial charge in [-0.2, -0.15) is 0 Å². The van der Waals surface area contributed by atoms with Crippen LogP contribution in [0.3, 0.4) is 0 Å². The largest absolute Gasteiger partial charge is 0.497 e. The van der Waals surface area contributed by atoms with Gasteiger partial charge in [-0.1, -0.05) is 12.1 Å². The number of aromatic nitrogens is 1. The van der Waals surface area contributed by atoms with Gasteiger partial charge in [-0.3, -0.25) is 9.69 Å². The second kappa shape index (κ2) is 10.4. The van der Waals surface area contributed by atoms with Crippen molar-refractivity contribution in [3.05, 3.63) is 53.7 Å². The van der Waals surface area contributed by atoms with E-state index >= 15 is 0 Å². The molecule has 0 aliphatic carbocycles. The Labute approximate surface area is 180 Å². The number of pyridine rings is 1. The van der Waals surface area contributed by atoms with Crippen molar-refractivity contribution in [1.29, 1.82) is 0 Å². The molecule has 1 amide bonds. The lowest BCUT2D eigenvalue weighted by Gasteiger charge is -2.39. The number of piperidine rings is 1. The van der Waals surface area contributed by atoms with Gasteiger partial charge in [-0.25, -0.2) is 4.98 Å². The van der Waals surface area contributed by atoms with E-state index in [9.17, 15) is 4.79 Å². The highest BCUT2D eigenvalue weighted by Crippen LogP contribution is 2.35. The van der Waals surface area contributed by atoms with Gasteiger partial charge >= 0.3 is 0 Å². The number of anilines is 1. The first-order valence-corrected chi connectivity index (χ1v) is 10.9. The summed E-state index contributed by atoms with van der Waals surface area (Å²) in [6, 6.07) is 12.4. The number of nitrogens with zero attached hydrogens (tertiary/aromatic N) is 3. The topological polar surface area (TPSA) is 57.7 Å². The van der Waals surface area contributed by atoms with Crippen LogP contribution < -0.4 is 15.0 Å². The number of carbonyl (C=O) groups excluding carboxylic acids is 1. The molecule has 1 fully saturated rings. The number of hydrogen-bond donors (Lipinski definition) is 1. The molecule has 1 aliphatic heterocycles. The van der Waals surface area contributed by atoms with Crippen LogP contribution in [0.5, 0.6) is 5.75 Å². The minimum absolute atomic E-state index is 0.0599. The van der Waals surface area contributed by atoms with Crippen molar-refractivity contribution in [3.8, 4) is 5.75 Å². The second-order valence-electron chi connectivity index (χ2n) is 7.89. The molecule has 1 aliphatic rings. The van der Waals surface area contributed by atoms with E-state index in [1.165, 1.54) is 5.56 Å². The van der Waals surface area contributed by atoms with Crippen LogP contribution in [0, 0.1) is 5.92 Å². The normalized spacial score (nSPS) is 19.3. The fourth-order valence-electron chi connectivity index (χ4n) is 4.38. The minimum Gasteiger partial charge on any atom is -0.497 e. The molecule has 30 heavy (non-hydrogen) atoms. The van der Waals surface area contributed by atoms with E-state index in [0.717, 1.165) is 44.0 Å². The molecule has 0 radical (unpaired) electrons. The van der Waals surface area contributed by atoms with Crippen LogP contribution in [0.4, 0.5) is 5.82 Å².